The van der Waals surface area contributed by atoms with Gasteiger partial charge in [-0.3, -0.25) is 4.79 Å². The predicted molar refractivity (Wildman–Crippen MR) is 88.2 cm³/mol. The summed E-state index contributed by atoms with van der Waals surface area (Å²) >= 11 is 2.31. The smallest absolute Gasteiger partial charge is 0.259 e. The number of benzene rings is 1. The third-order valence-electron chi connectivity index (χ3n) is 3.29. The van der Waals surface area contributed by atoms with Crippen LogP contribution in [0.15, 0.2) is 21.8 Å². The van der Waals surface area contributed by atoms with Gasteiger partial charge in [0.1, 0.15) is 5.82 Å². The van der Waals surface area contributed by atoms with E-state index < -0.39 is 0 Å². The van der Waals surface area contributed by atoms with E-state index in [-0.39, 0.29) is 17.3 Å². The summed E-state index contributed by atoms with van der Waals surface area (Å²) in [6.45, 7) is 8.12. The lowest BCUT2D eigenvalue weighted by atomic mass is 10.0. The van der Waals surface area contributed by atoms with E-state index in [0.29, 0.717) is 5.56 Å². The SMILES string of the molecule is CCC/C(I)=C1/c2ccc(F)cc2C(=O)N1C(C)(C)C. The number of amides is 1. The molecule has 1 heterocycles. The van der Waals surface area contributed by atoms with Crippen LogP contribution in [0.25, 0.3) is 5.70 Å². The fourth-order valence-corrected chi connectivity index (χ4v) is 3.56. The molecule has 2 nitrogen and oxygen atoms in total. The third-order valence-corrected chi connectivity index (χ3v) is 4.34. The molecule has 0 unspecified atom stereocenters. The van der Waals surface area contributed by atoms with Gasteiger partial charge in [-0.05, 0) is 68.0 Å². The average Bonchev–Trinajstić information content (AvgIpc) is 2.62. The first kappa shape index (κ1) is 15.5. The molecular weight excluding hydrogens is 368 g/mol. The highest BCUT2D eigenvalue weighted by molar-refractivity contribution is 14.1. The van der Waals surface area contributed by atoms with Gasteiger partial charge in [0.05, 0.1) is 11.3 Å². The maximum Gasteiger partial charge on any atom is 0.259 e. The van der Waals surface area contributed by atoms with E-state index in [0.717, 1.165) is 27.7 Å². The van der Waals surface area contributed by atoms with E-state index in [1.807, 2.05) is 20.8 Å². The van der Waals surface area contributed by atoms with Crippen LogP contribution in [0.3, 0.4) is 0 Å². The fraction of sp³-hybridized carbons (Fsp3) is 0.438. The van der Waals surface area contributed by atoms with Crippen molar-refractivity contribution in [3.63, 3.8) is 0 Å². The van der Waals surface area contributed by atoms with Crippen molar-refractivity contribution in [2.45, 2.75) is 46.1 Å². The molecule has 0 aliphatic carbocycles. The van der Waals surface area contributed by atoms with Gasteiger partial charge in [-0.15, -0.1) is 0 Å². The molecule has 1 aromatic carbocycles. The van der Waals surface area contributed by atoms with Crippen molar-refractivity contribution < 1.29 is 9.18 Å². The lowest BCUT2D eigenvalue weighted by molar-refractivity contribution is 0.0748. The molecule has 108 valence electrons. The minimum Gasteiger partial charge on any atom is -0.302 e. The molecule has 0 spiro atoms. The van der Waals surface area contributed by atoms with Crippen molar-refractivity contribution >= 4 is 34.2 Å². The summed E-state index contributed by atoms with van der Waals surface area (Å²) in [6.07, 6.45) is 1.94. The second kappa shape index (κ2) is 5.47. The Balaban J connectivity index is 2.68. The Bertz CT molecular complexity index is 587. The van der Waals surface area contributed by atoms with Gasteiger partial charge in [0, 0.05) is 14.7 Å². The topological polar surface area (TPSA) is 20.3 Å². The lowest BCUT2D eigenvalue weighted by Crippen LogP contribution is -2.41. The van der Waals surface area contributed by atoms with Gasteiger partial charge >= 0.3 is 0 Å². The summed E-state index contributed by atoms with van der Waals surface area (Å²) in [5.41, 5.74) is 1.94. The largest absolute Gasteiger partial charge is 0.302 e. The summed E-state index contributed by atoms with van der Waals surface area (Å²) in [5, 5.41) is 0. The first-order valence-corrected chi connectivity index (χ1v) is 7.88. The molecular formula is C16H19FINO. The maximum absolute atomic E-state index is 13.4. The van der Waals surface area contributed by atoms with Gasteiger partial charge in [-0.25, -0.2) is 4.39 Å². The number of hydrogen-bond acceptors (Lipinski definition) is 1. The molecule has 1 aliphatic heterocycles. The summed E-state index contributed by atoms with van der Waals surface area (Å²) < 4.78 is 14.6. The minimum atomic E-state index is -0.363. The van der Waals surface area contributed by atoms with E-state index in [1.54, 1.807) is 11.0 Å². The Morgan fingerprint density at radius 3 is 2.50 bits per heavy atom. The molecule has 1 aliphatic rings. The summed E-state index contributed by atoms with van der Waals surface area (Å²) in [4.78, 5) is 14.4. The second-order valence-electron chi connectivity index (χ2n) is 6.00. The molecule has 1 aromatic rings. The molecule has 0 saturated carbocycles. The predicted octanol–water partition coefficient (Wildman–Crippen LogP) is 4.98. The first-order valence-electron chi connectivity index (χ1n) is 6.80. The molecule has 20 heavy (non-hydrogen) atoms. The van der Waals surface area contributed by atoms with Crippen LogP contribution in [0.4, 0.5) is 4.39 Å². The maximum atomic E-state index is 13.4. The Kier molecular flexibility index (Phi) is 4.23. The standard InChI is InChI=1S/C16H19FINO/c1-5-6-13(18)14-11-8-7-10(17)9-12(11)15(20)19(14)16(2,3)4/h7-9H,5-6H2,1-4H3/b14-13+. The molecule has 0 atom stereocenters. The second-order valence-corrected chi connectivity index (χ2v) is 7.31. The molecule has 1 amide bonds. The van der Waals surface area contributed by atoms with E-state index in [1.165, 1.54) is 12.1 Å². The molecule has 0 radical (unpaired) electrons. The number of hydrogen-bond donors (Lipinski definition) is 0. The highest BCUT2D eigenvalue weighted by Crippen LogP contribution is 2.42. The van der Waals surface area contributed by atoms with Crippen LogP contribution in [0, 0.1) is 5.82 Å². The zero-order valence-corrected chi connectivity index (χ0v) is 14.4. The summed E-state index contributed by atoms with van der Waals surface area (Å²) in [7, 11) is 0. The number of rotatable bonds is 2. The molecule has 0 fully saturated rings. The van der Waals surface area contributed by atoms with Crippen LogP contribution >= 0.6 is 22.6 Å². The average molecular weight is 387 g/mol. The normalized spacial score (nSPS) is 17.5. The molecule has 0 N–H and O–H groups in total. The number of carbonyl (C=O) groups is 1. The van der Waals surface area contributed by atoms with Crippen LogP contribution in [0.1, 0.15) is 56.5 Å². The first-order chi connectivity index (χ1) is 9.27. The Morgan fingerprint density at radius 1 is 1.30 bits per heavy atom. The monoisotopic (exact) mass is 387 g/mol. The molecule has 0 aromatic heterocycles. The van der Waals surface area contributed by atoms with Crippen LogP contribution in [-0.4, -0.2) is 16.3 Å². The summed E-state index contributed by atoms with van der Waals surface area (Å²) in [5.74, 6) is -0.468. The number of nitrogens with zero attached hydrogens (tertiary/aromatic N) is 1. The Labute approximate surface area is 133 Å². The number of halogens is 2. The zero-order valence-electron chi connectivity index (χ0n) is 12.3. The minimum absolute atomic E-state index is 0.104. The van der Waals surface area contributed by atoms with E-state index in [2.05, 4.69) is 29.5 Å². The fourth-order valence-electron chi connectivity index (χ4n) is 2.49. The van der Waals surface area contributed by atoms with E-state index in [4.69, 9.17) is 0 Å². The lowest BCUT2D eigenvalue weighted by Gasteiger charge is -2.33. The van der Waals surface area contributed by atoms with Crippen molar-refractivity contribution in [2.24, 2.45) is 0 Å². The molecule has 0 saturated heterocycles. The van der Waals surface area contributed by atoms with Gasteiger partial charge in [0.25, 0.3) is 5.91 Å². The highest BCUT2D eigenvalue weighted by Gasteiger charge is 2.40. The molecule has 4 heteroatoms. The number of fused-ring (bicyclic) bond motifs is 1. The van der Waals surface area contributed by atoms with Crippen molar-refractivity contribution in [3.05, 3.63) is 38.7 Å². The van der Waals surface area contributed by atoms with Crippen LogP contribution < -0.4 is 0 Å². The van der Waals surface area contributed by atoms with Crippen molar-refractivity contribution in [3.8, 4) is 0 Å². The van der Waals surface area contributed by atoms with Crippen molar-refractivity contribution in [2.75, 3.05) is 0 Å². The Morgan fingerprint density at radius 2 is 1.95 bits per heavy atom. The van der Waals surface area contributed by atoms with Crippen LogP contribution in [0.2, 0.25) is 0 Å². The van der Waals surface area contributed by atoms with Crippen LogP contribution in [0.5, 0.6) is 0 Å². The van der Waals surface area contributed by atoms with Crippen molar-refractivity contribution in [1.82, 2.24) is 4.90 Å². The van der Waals surface area contributed by atoms with Gasteiger partial charge < -0.3 is 4.90 Å². The zero-order chi connectivity index (χ0) is 15.1. The van der Waals surface area contributed by atoms with Gasteiger partial charge in [0.15, 0.2) is 0 Å². The van der Waals surface area contributed by atoms with E-state index >= 15 is 0 Å². The molecule has 0 bridgehead atoms. The molecule has 2 rings (SSSR count). The quantitative estimate of drug-likeness (QED) is 0.656. The van der Waals surface area contributed by atoms with Gasteiger partial charge in [-0.2, -0.15) is 0 Å². The summed E-state index contributed by atoms with van der Waals surface area (Å²) in [6, 6.07) is 4.49. The van der Waals surface area contributed by atoms with E-state index in [9.17, 15) is 9.18 Å². The Hall–Kier alpha value is -0.910. The van der Waals surface area contributed by atoms with Gasteiger partial charge in [-0.1, -0.05) is 13.3 Å². The van der Waals surface area contributed by atoms with Crippen LogP contribution in [-0.2, 0) is 0 Å². The van der Waals surface area contributed by atoms with Crippen molar-refractivity contribution in [1.29, 1.82) is 0 Å². The number of carbonyl (C=O) groups excluding carboxylic acids is 1. The number of allylic oxidation sites excluding steroid dienone is 1. The van der Waals surface area contributed by atoms with Gasteiger partial charge in [0.2, 0.25) is 0 Å². The highest BCUT2D eigenvalue weighted by atomic mass is 127. The third kappa shape index (κ3) is 2.62.